The summed E-state index contributed by atoms with van der Waals surface area (Å²) in [6.07, 6.45) is 2.38. The Kier molecular flexibility index (Phi) is 7.23. The predicted octanol–water partition coefficient (Wildman–Crippen LogP) is 0.496. The van der Waals surface area contributed by atoms with Crippen molar-refractivity contribution in [3.63, 3.8) is 0 Å². The predicted molar refractivity (Wildman–Crippen MR) is 70.5 cm³/mol. The van der Waals surface area contributed by atoms with Crippen molar-refractivity contribution in [2.45, 2.75) is 25.8 Å². The van der Waals surface area contributed by atoms with E-state index < -0.39 is 0 Å². The van der Waals surface area contributed by atoms with Gasteiger partial charge in [-0.3, -0.25) is 9.69 Å². The van der Waals surface area contributed by atoms with E-state index in [9.17, 15) is 4.79 Å². The maximum atomic E-state index is 11.5. The molecule has 5 nitrogen and oxygen atoms in total. The monoisotopic (exact) mass is 258 g/mol. The summed E-state index contributed by atoms with van der Waals surface area (Å²) in [6, 6.07) is -0.128. The van der Waals surface area contributed by atoms with Crippen molar-refractivity contribution >= 4 is 5.97 Å². The van der Waals surface area contributed by atoms with Crippen molar-refractivity contribution in [2.75, 3.05) is 47.0 Å². The van der Waals surface area contributed by atoms with Gasteiger partial charge in [-0.05, 0) is 38.8 Å². The molecular formula is C13H26N2O3. The van der Waals surface area contributed by atoms with Gasteiger partial charge in [0.25, 0.3) is 0 Å². The maximum absolute atomic E-state index is 11.5. The molecule has 1 aliphatic rings. The Labute approximate surface area is 110 Å². The van der Waals surface area contributed by atoms with Gasteiger partial charge in [-0.15, -0.1) is 0 Å². The first-order chi connectivity index (χ1) is 8.69. The number of ether oxygens (including phenoxy) is 2. The van der Waals surface area contributed by atoms with Crippen LogP contribution < -0.4 is 5.32 Å². The van der Waals surface area contributed by atoms with Gasteiger partial charge < -0.3 is 14.8 Å². The van der Waals surface area contributed by atoms with Crippen LogP contribution in [0.2, 0.25) is 0 Å². The third kappa shape index (κ3) is 4.92. The van der Waals surface area contributed by atoms with Crippen LogP contribution in [-0.2, 0) is 14.3 Å². The zero-order valence-electron chi connectivity index (χ0n) is 11.8. The fraction of sp³-hybridized carbons (Fsp3) is 0.923. The summed E-state index contributed by atoms with van der Waals surface area (Å²) in [5.41, 5.74) is 0. The first-order valence-electron chi connectivity index (χ1n) is 6.70. The number of esters is 1. The number of hydrogen-bond acceptors (Lipinski definition) is 5. The molecule has 1 fully saturated rings. The highest BCUT2D eigenvalue weighted by atomic mass is 16.5. The minimum Gasteiger partial charge on any atom is -0.468 e. The molecule has 106 valence electrons. The molecular weight excluding hydrogens is 232 g/mol. The van der Waals surface area contributed by atoms with Gasteiger partial charge in [-0.1, -0.05) is 0 Å². The molecule has 0 saturated carbocycles. The summed E-state index contributed by atoms with van der Waals surface area (Å²) in [4.78, 5) is 13.7. The molecule has 0 aromatic carbocycles. The Morgan fingerprint density at radius 1 is 1.50 bits per heavy atom. The Hall–Kier alpha value is -0.650. The molecule has 2 unspecified atom stereocenters. The van der Waals surface area contributed by atoms with Gasteiger partial charge in [0.05, 0.1) is 13.7 Å². The second kappa shape index (κ2) is 8.45. The number of hydrogen-bond donors (Lipinski definition) is 1. The zero-order chi connectivity index (χ0) is 13.4. The van der Waals surface area contributed by atoms with E-state index >= 15 is 0 Å². The second-order valence-corrected chi connectivity index (χ2v) is 4.90. The minimum absolute atomic E-state index is 0.128. The molecule has 0 aliphatic carbocycles. The molecule has 1 saturated heterocycles. The fourth-order valence-corrected chi connectivity index (χ4v) is 2.42. The minimum atomic E-state index is -0.136. The average molecular weight is 258 g/mol. The molecule has 18 heavy (non-hydrogen) atoms. The van der Waals surface area contributed by atoms with Crippen LogP contribution in [0.5, 0.6) is 0 Å². The van der Waals surface area contributed by atoms with Crippen molar-refractivity contribution in [1.82, 2.24) is 10.2 Å². The van der Waals surface area contributed by atoms with Crippen LogP contribution in [0.4, 0.5) is 0 Å². The molecule has 0 aromatic rings. The molecule has 5 heteroatoms. The lowest BCUT2D eigenvalue weighted by Crippen LogP contribution is -2.47. The summed E-state index contributed by atoms with van der Waals surface area (Å²) in [7, 11) is 3.16. The van der Waals surface area contributed by atoms with Crippen molar-refractivity contribution in [3.05, 3.63) is 0 Å². The Morgan fingerprint density at radius 3 is 2.94 bits per heavy atom. The topological polar surface area (TPSA) is 50.8 Å². The van der Waals surface area contributed by atoms with Crippen molar-refractivity contribution in [1.29, 1.82) is 0 Å². The number of piperidine rings is 1. The van der Waals surface area contributed by atoms with Gasteiger partial charge in [0.15, 0.2) is 0 Å². The third-order valence-electron chi connectivity index (χ3n) is 3.56. The van der Waals surface area contributed by atoms with E-state index in [0.717, 1.165) is 39.2 Å². The number of methoxy groups -OCH3 is 2. The first kappa shape index (κ1) is 15.4. The molecule has 2 atom stereocenters. The lowest BCUT2D eigenvalue weighted by Gasteiger charge is -2.35. The highest BCUT2D eigenvalue weighted by Gasteiger charge is 2.27. The smallest absolute Gasteiger partial charge is 0.322 e. The van der Waals surface area contributed by atoms with Crippen molar-refractivity contribution in [3.8, 4) is 0 Å². The van der Waals surface area contributed by atoms with Crippen molar-refractivity contribution < 1.29 is 14.3 Å². The largest absolute Gasteiger partial charge is 0.468 e. The average Bonchev–Trinajstić information content (AvgIpc) is 2.42. The molecule has 1 aliphatic heterocycles. The number of nitrogens with zero attached hydrogens (tertiary/aromatic N) is 1. The molecule has 0 bridgehead atoms. The van der Waals surface area contributed by atoms with E-state index in [1.807, 2.05) is 6.92 Å². The van der Waals surface area contributed by atoms with Crippen molar-refractivity contribution in [2.24, 2.45) is 5.92 Å². The van der Waals surface area contributed by atoms with E-state index in [4.69, 9.17) is 9.47 Å². The quantitative estimate of drug-likeness (QED) is 0.532. The number of likely N-dealkylation sites (tertiary alicyclic amines) is 1. The Balaban J connectivity index is 2.29. The summed E-state index contributed by atoms with van der Waals surface area (Å²) in [5, 5.41) is 3.39. The molecule has 1 heterocycles. The van der Waals surface area contributed by atoms with Crippen LogP contribution in [-0.4, -0.2) is 63.9 Å². The first-order valence-corrected chi connectivity index (χ1v) is 6.70. The van der Waals surface area contributed by atoms with Gasteiger partial charge >= 0.3 is 5.97 Å². The third-order valence-corrected chi connectivity index (χ3v) is 3.56. The number of carbonyl (C=O) groups is 1. The highest BCUT2D eigenvalue weighted by Crippen LogP contribution is 2.18. The highest BCUT2D eigenvalue weighted by molar-refractivity contribution is 5.75. The van der Waals surface area contributed by atoms with Crippen LogP contribution >= 0.6 is 0 Å². The number of rotatable bonds is 7. The van der Waals surface area contributed by atoms with E-state index in [-0.39, 0.29) is 12.0 Å². The fourth-order valence-electron chi connectivity index (χ4n) is 2.42. The number of carbonyl (C=O) groups excluding carboxylic acids is 1. The lowest BCUT2D eigenvalue weighted by atomic mass is 9.97. The lowest BCUT2D eigenvalue weighted by molar-refractivity contribution is -0.147. The summed E-state index contributed by atoms with van der Waals surface area (Å²) in [5.74, 6) is 0.478. The van der Waals surface area contributed by atoms with Crippen LogP contribution in [0.25, 0.3) is 0 Å². The Morgan fingerprint density at radius 2 is 2.28 bits per heavy atom. The zero-order valence-corrected chi connectivity index (χ0v) is 11.8. The van der Waals surface area contributed by atoms with Gasteiger partial charge in [-0.25, -0.2) is 0 Å². The van der Waals surface area contributed by atoms with Gasteiger partial charge in [0, 0.05) is 20.2 Å². The molecule has 1 rings (SSSR count). The summed E-state index contributed by atoms with van der Waals surface area (Å²) < 4.78 is 9.80. The summed E-state index contributed by atoms with van der Waals surface area (Å²) >= 11 is 0. The Bertz CT molecular complexity index is 248. The van der Waals surface area contributed by atoms with E-state index in [1.165, 1.54) is 13.5 Å². The normalized spacial score (nSPS) is 22.7. The maximum Gasteiger partial charge on any atom is 0.322 e. The second-order valence-electron chi connectivity index (χ2n) is 4.90. The molecule has 0 radical (unpaired) electrons. The van der Waals surface area contributed by atoms with E-state index in [1.54, 1.807) is 7.11 Å². The van der Waals surface area contributed by atoms with Gasteiger partial charge in [-0.2, -0.15) is 0 Å². The number of nitrogens with one attached hydrogen (secondary N) is 1. The summed E-state index contributed by atoms with van der Waals surface area (Å²) in [6.45, 7) is 6.51. The van der Waals surface area contributed by atoms with Crippen LogP contribution in [0.15, 0.2) is 0 Å². The standard InChI is InChI=1S/C13H26N2O3/c1-11(13(16)18-3)15-7-4-5-12(10-15)9-14-6-8-17-2/h11-12,14H,4-10H2,1-3H3. The molecule has 0 amide bonds. The van der Waals surface area contributed by atoms with Gasteiger partial charge in [0.1, 0.15) is 6.04 Å². The van der Waals surface area contributed by atoms with Gasteiger partial charge in [0.2, 0.25) is 0 Å². The molecule has 1 N–H and O–H groups in total. The van der Waals surface area contributed by atoms with Crippen LogP contribution in [0, 0.1) is 5.92 Å². The molecule has 0 spiro atoms. The van der Waals surface area contributed by atoms with E-state index in [2.05, 4.69) is 10.2 Å². The van der Waals surface area contributed by atoms with Crippen LogP contribution in [0.3, 0.4) is 0 Å². The SMILES string of the molecule is COCCNCC1CCCN(C(C)C(=O)OC)C1. The molecule has 0 aromatic heterocycles. The van der Waals surface area contributed by atoms with E-state index in [0.29, 0.717) is 5.92 Å². The van der Waals surface area contributed by atoms with Crippen LogP contribution in [0.1, 0.15) is 19.8 Å².